The molecule has 0 saturated carbocycles. The molecule has 3 aromatic rings. The number of nitrogens with one attached hydrogen (secondary N) is 1. The number of methoxy groups -OCH3 is 2. The largest absolute Gasteiger partial charge is 0.507 e. The minimum Gasteiger partial charge on any atom is -0.507 e. The van der Waals surface area contributed by atoms with Crippen molar-refractivity contribution in [2.45, 2.75) is 4.90 Å². The Morgan fingerprint density at radius 1 is 1.12 bits per heavy atom. The Balaban J connectivity index is 1.81. The summed E-state index contributed by atoms with van der Waals surface area (Å²) in [4.78, 5) is 0.551. The fourth-order valence-corrected chi connectivity index (χ4v) is 3.09. The molecule has 3 rings (SSSR count). The second-order valence-corrected chi connectivity index (χ2v) is 6.19. The second-order valence-electron chi connectivity index (χ2n) is 4.93. The Labute approximate surface area is 153 Å². The lowest BCUT2D eigenvalue weighted by Crippen LogP contribution is -1.91. The van der Waals surface area contributed by atoms with Crippen LogP contribution in [0.25, 0.3) is 11.3 Å². The van der Waals surface area contributed by atoms with Crippen LogP contribution < -0.4 is 14.2 Å². The molecular weight excluding hydrogens is 364 g/mol. The van der Waals surface area contributed by atoms with E-state index in [9.17, 15) is 5.11 Å². The fraction of sp³-hybridized carbons (Fsp3) is 0.118. The molecule has 1 aromatic heterocycles. The molecule has 0 bridgehead atoms. The number of hydrogen-bond donors (Lipinski definition) is 2. The Morgan fingerprint density at radius 2 is 1.92 bits per heavy atom. The Hall–Kier alpha value is -2.51. The third-order valence-electron chi connectivity index (χ3n) is 3.37. The summed E-state index contributed by atoms with van der Waals surface area (Å²) >= 11 is 7.21. The molecule has 0 saturated heterocycles. The smallest absolute Gasteiger partial charge is 0.180 e. The number of phenols is 1. The lowest BCUT2D eigenvalue weighted by molar-refractivity contribution is 0.391. The first-order valence-electron chi connectivity index (χ1n) is 7.22. The van der Waals surface area contributed by atoms with E-state index < -0.39 is 0 Å². The second kappa shape index (κ2) is 7.58. The van der Waals surface area contributed by atoms with Gasteiger partial charge in [0.1, 0.15) is 22.1 Å². The maximum Gasteiger partial charge on any atom is 0.180 e. The van der Waals surface area contributed by atoms with Crippen molar-refractivity contribution in [3.63, 3.8) is 0 Å². The van der Waals surface area contributed by atoms with Gasteiger partial charge in [0.2, 0.25) is 0 Å². The van der Waals surface area contributed by atoms with Crippen LogP contribution in [-0.4, -0.2) is 24.5 Å². The molecule has 0 spiro atoms. The summed E-state index contributed by atoms with van der Waals surface area (Å²) in [5.74, 6) is 2.27. The highest BCUT2D eigenvalue weighted by atomic mass is 35.5. The first-order valence-corrected chi connectivity index (χ1v) is 8.41. The average Bonchev–Trinajstić information content (AvgIpc) is 3.09. The highest BCUT2D eigenvalue weighted by molar-refractivity contribution is 8.00. The normalized spacial score (nSPS) is 10.5. The van der Waals surface area contributed by atoms with Crippen LogP contribution in [0.5, 0.6) is 17.2 Å². The molecule has 2 aromatic carbocycles. The van der Waals surface area contributed by atoms with Crippen molar-refractivity contribution in [3.05, 3.63) is 47.5 Å². The predicted molar refractivity (Wildman–Crippen MR) is 97.6 cm³/mol. The van der Waals surface area contributed by atoms with Crippen molar-refractivity contribution in [2.24, 2.45) is 0 Å². The molecule has 0 aliphatic rings. The van der Waals surface area contributed by atoms with E-state index in [0.29, 0.717) is 38.6 Å². The first-order chi connectivity index (χ1) is 12.1. The molecule has 8 heteroatoms. The van der Waals surface area contributed by atoms with Gasteiger partial charge in [-0.05, 0) is 42.3 Å². The van der Waals surface area contributed by atoms with Gasteiger partial charge in [-0.25, -0.2) is 0 Å². The van der Waals surface area contributed by atoms with Gasteiger partial charge < -0.3 is 23.8 Å². The number of anilines is 1. The Kier molecular flexibility index (Phi) is 5.25. The van der Waals surface area contributed by atoms with Crippen molar-refractivity contribution in [3.8, 4) is 28.6 Å². The third-order valence-corrected chi connectivity index (χ3v) is 4.53. The molecule has 0 fully saturated rings. The summed E-state index contributed by atoms with van der Waals surface area (Å²) in [7, 11) is 3.11. The molecule has 130 valence electrons. The van der Waals surface area contributed by atoms with Crippen molar-refractivity contribution in [1.82, 2.24) is 5.16 Å². The molecule has 25 heavy (non-hydrogen) atoms. The van der Waals surface area contributed by atoms with Gasteiger partial charge in [0.25, 0.3) is 0 Å². The summed E-state index contributed by atoms with van der Waals surface area (Å²) in [5.41, 5.74) is 0.695. The van der Waals surface area contributed by atoms with Crippen LogP contribution in [-0.2, 0) is 0 Å². The zero-order chi connectivity index (χ0) is 17.8. The first kappa shape index (κ1) is 17.3. The molecule has 0 unspecified atom stereocenters. The van der Waals surface area contributed by atoms with E-state index in [1.165, 1.54) is 11.9 Å². The van der Waals surface area contributed by atoms with Gasteiger partial charge >= 0.3 is 0 Å². The summed E-state index contributed by atoms with van der Waals surface area (Å²) in [5, 5.41) is 14.5. The van der Waals surface area contributed by atoms with Crippen molar-refractivity contribution in [1.29, 1.82) is 0 Å². The Morgan fingerprint density at radius 3 is 2.68 bits per heavy atom. The van der Waals surface area contributed by atoms with E-state index in [0.717, 1.165) is 0 Å². The van der Waals surface area contributed by atoms with Crippen molar-refractivity contribution >= 4 is 29.4 Å². The SMILES string of the molecule is COc1ccc(Cl)cc1-c1cc(NSc2c(O)cccc2OC)no1. The molecule has 0 atom stereocenters. The minimum atomic E-state index is 0.108. The highest BCUT2D eigenvalue weighted by Crippen LogP contribution is 2.38. The number of ether oxygens (including phenoxy) is 2. The van der Waals surface area contributed by atoms with Gasteiger partial charge in [0.05, 0.1) is 19.8 Å². The van der Waals surface area contributed by atoms with Crippen LogP contribution in [0.2, 0.25) is 5.02 Å². The molecule has 2 N–H and O–H groups in total. The lowest BCUT2D eigenvalue weighted by atomic mass is 10.1. The van der Waals surface area contributed by atoms with Gasteiger partial charge in [-0.2, -0.15) is 0 Å². The predicted octanol–water partition coefficient (Wildman–Crippen LogP) is 4.84. The van der Waals surface area contributed by atoms with Crippen LogP contribution in [0, 0.1) is 0 Å². The zero-order valence-corrected chi connectivity index (χ0v) is 15.0. The quantitative estimate of drug-likeness (QED) is 0.594. The summed E-state index contributed by atoms with van der Waals surface area (Å²) < 4.78 is 18.9. The maximum absolute atomic E-state index is 9.97. The van der Waals surface area contributed by atoms with E-state index in [1.807, 2.05) is 0 Å². The van der Waals surface area contributed by atoms with E-state index in [2.05, 4.69) is 9.88 Å². The van der Waals surface area contributed by atoms with E-state index in [4.69, 9.17) is 25.6 Å². The van der Waals surface area contributed by atoms with Gasteiger partial charge in [-0.1, -0.05) is 22.8 Å². The van der Waals surface area contributed by atoms with Crippen LogP contribution in [0.1, 0.15) is 0 Å². The van der Waals surface area contributed by atoms with E-state index >= 15 is 0 Å². The number of aromatic nitrogens is 1. The average molecular weight is 379 g/mol. The van der Waals surface area contributed by atoms with Crippen molar-refractivity contribution in [2.75, 3.05) is 18.9 Å². The molecule has 0 radical (unpaired) electrons. The zero-order valence-electron chi connectivity index (χ0n) is 13.4. The van der Waals surface area contributed by atoms with E-state index in [1.54, 1.807) is 56.7 Å². The number of aromatic hydroxyl groups is 1. The van der Waals surface area contributed by atoms with Crippen LogP contribution in [0.3, 0.4) is 0 Å². The maximum atomic E-state index is 9.97. The van der Waals surface area contributed by atoms with Gasteiger partial charge in [0, 0.05) is 11.1 Å². The van der Waals surface area contributed by atoms with Crippen LogP contribution in [0.4, 0.5) is 5.82 Å². The summed E-state index contributed by atoms with van der Waals surface area (Å²) in [6.45, 7) is 0. The third kappa shape index (κ3) is 3.78. The highest BCUT2D eigenvalue weighted by Gasteiger charge is 2.14. The topological polar surface area (TPSA) is 76.8 Å². The number of hydrogen-bond acceptors (Lipinski definition) is 7. The molecule has 0 amide bonds. The standard InChI is InChI=1S/C17H15ClN2O4S/c1-22-13-7-6-10(18)8-11(13)15-9-16(19-24-15)20-25-17-12(21)4-3-5-14(17)23-2/h3-9,21H,1-2H3,(H,19,20). The summed E-state index contributed by atoms with van der Waals surface area (Å²) in [6, 6.07) is 12.0. The number of nitrogens with zero attached hydrogens (tertiary/aromatic N) is 1. The monoisotopic (exact) mass is 378 g/mol. The van der Waals surface area contributed by atoms with Gasteiger partial charge in [-0.3, -0.25) is 0 Å². The molecule has 1 heterocycles. The van der Waals surface area contributed by atoms with Crippen LogP contribution >= 0.6 is 23.5 Å². The van der Waals surface area contributed by atoms with Crippen molar-refractivity contribution < 1.29 is 19.1 Å². The molecule has 0 aliphatic heterocycles. The lowest BCUT2D eigenvalue weighted by Gasteiger charge is -2.09. The minimum absolute atomic E-state index is 0.108. The summed E-state index contributed by atoms with van der Waals surface area (Å²) in [6.07, 6.45) is 0. The number of rotatable bonds is 6. The number of halogens is 1. The van der Waals surface area contributed by atoms with Crippen LogP contribution in [0.15, 0.2) is 51.9 Å². The fourth-order valence-electron chi connectivity index (χ4n) is 2.19. The molecule has 0 aliphatic carbocycles. The van der Waals surface area contributed by atoms with Gasteiger partial charge in [0.15, 0.2) is 11.6 Å². The number of benzene rings is 2. The Bertz CT molecular complexity index is 885. The molecule has 6 nitrogen and oxygen atoms in total. The van der Waals surface area contributed by atoms with E-state index in [-0.39, 0.29) is 5.75 Å². The molecular formula is C17H15ClN2O4S. The van der Waals surface area contributed by atoms with Gasteiger partial charge in [-0.15, -0.1) is 0 Å². The number of phenolic OH excluding ortho intramolecular Hbond substituents is 1.